The number of nitrogens with two attached hydrogens (primary N) is 1. The van der Waals surface area contributed by atoms with Gasteiger partial charge in [0, 0.05) is 30.7 Å². The van der Waals surface area contributed by atoms with Crippen LogP contribution in [0.15, 0.2) is 23.3 Å². The van der Waals surface area contributed by atoms with E-state index < -0.39 is 11.8 Å². The predicted octanol–water partition coefficient (Wildman–Crippen LogP) is 1.66. The van der Waals surface area contributed by atoms with Gasteiger partial charge in [-0.25, -0.2) is 14.6 Å². The zero-order valence-corrected chi connectivity index (χ0v) is 14.9. The molecule has 0 saturated heterocycles. The Kier molecular flexibility index (Phi) is 5.73. The van der Waals surface area contributed by atoms with Crippen LogP contribution in [0.5, 0.6) is 0 Å². The summed E-state index contributed by atoms with van der Waals surface area (Å²) in [4.78, 5) is 27.4. The van der Waals surface area contributed by atoms with E-state index in [-0.39, 0.29) is 11.6 Å². The molecular formula is C17H24FN5O2. The summed E-state index contributed by atoms with van der Waals surface area (Å²) in [6.45, 7) is 9.48. The molecule has 0 bridgehead atoms. The Bertz CT molecular complexity index is 694. The maximum atomic E-state index is 13.6. The third kappa shape index (κ3) is 4.14. The Morgan fingerprint density at radius 3 is 2.52 bits per heavy atom. The number of amides is 3. The first-order valence-corrected chi connectivity index (χ1v) is 8.23. The number of benzene rings is 1. The molecule has 1 aliphatic heterocycles. The molecule has 0 unspecified atom stereocenters. The molecule has 1 aromatic rings. The van der Waals surface area contributed by atoms with E-state index in [1.54, 1.807) is 11.0 Å². The van der Waals surface area contributed by atoms with Crippen molar-refractivity contribution in [1.82, 2.24) is 10.3 Å². The molecule has 1 aliphatic rings. The lowest BCUT2D eigenvalue weighted by Gasteiger charge is -2.32. The van der Waals surface area contributed by atoms with Crippen LogP contribution in [0, 0.1) is 5.82 Å². The number of nitrogens with zero attached hydrogens (tertiary/aromatic N) is 3. The van der Waals surface area contributed by atoms with Gasteiger partial charge in [-0.05, 0) is 45.9 Å². The van der Waals surface area contributed by atoms with Gasteiger partial charge in [0.05, 0.1) is 5.69 Å². The topological polar surface area (TPSA) is 91.0 Å². The van der Waals surface area contributed by atoms with Crippen molar-refractivity contribution in [3.05, 3.63) is 29.6 Å². The predicted molar refractivity (Wildman–Crippen MR) is 95.0 cm³/mol. The molecule has 3 N–H and O–H groups in total. The molecule has 136 valence electrons. The van der Waals surface area contributed by atoms with E-state index in [2.05, 4.69) is 37.7 Å². The van der Waals surface area contributed by atoms with Crippen LogP contribution >= 0.6 is 0 Å². The van der Waals surface area contributed by atoms with Crippen LogP contribution in [0.2, 0.25) is 0 Å². The SMILES string of the molecule is CC(C)N(CCN1C(=O)/C(=N/NC(N)=O)c2cc(F)ccc21)C(C)C. The molecule has 25 heavy (non-hydrogen) atoms. The highest BCUT2D eigenvalue weighted by Crippen LogP contribution is 2.30. The molecule has 0 fully saturated rings. The highest BCUT2D eigenvalue weighted by atomic mass is 19.1. The number of anilines is 1. The largest absolute Gasteiger partial charge is 0.350 e. The monoisotopic (exact) mass is 349 g/mol. The Morgan fingerprint density at radius 1 is 1.32 bits per heavy atom. The van der Waals surface area contributed by atoms with Crippen molar-refractivity contribution in [1.29, 1.82) is 0 Å². The van der Waals surface area contributed by atoms with Crippen LogP contribution in [-0.4, -0.2) is 47.7 Å². The molecule has 1 aromatic carbocycles. The number of fused-ring (bicyclic) bond motifs is 1. The standard InChI is InChI=1S/C17H24FN5O2/c1-10(2)22(11(3)4)7-8-23-14-6-5-12(18)9-13(14)15(16(23)24)20-21-17(19)25/h5-6,9-11H,7-8H2,1-4H3,(H3,19,21,25)/b20-15+. The molecule has 2 rings (SSSR count). The summed E-state index contributed by atoms with van der Waals surface area (Å²) >= 11 is 0. The number of carbonyl (C=O) groups is 2. The second-order valence-corrected chi connectivity index (χ2v) is 6.48. The summed E-state index contributed by atoms with van der Waals surface area (Å²) in [5.74, 6) is -0.868. The fourth-order valence-electron chi connectivity index (χ4n) is 3.05. The first-order valence-electron chi connectivity index (χ1n) is 8.23. The van der Waals surface area contributed by atoms with Crippen molar-refractivity contribution in [3.63, 3.8) is 0 Å². The van der Waals surface area contributed by atoms with Gasteiger partial charge >= 0.3 is 6.03 Å². The Hall–Kier alpha value is -2.48. The van der Waals surface area contributed by atoms with E-state index in [9.17, 15) is 14.0 Å². The van der Waals surface area contributed by atoms with Crippen LogP contribution in [0.1, 0.15) is 33.3 Å². The number of rotatable bonds is 6. The quantitative estimate of drug-likeness (QED) is 0.765. The summed E-state index contributed by atoms with van der Waals surface area (Å²) in [6.07, 6.45) is 0. The minimum absolute atomic E-state index is 0.0195. The van der Waals surface area contributed by atoms with Gasteiger partial charge in [0.25, 0.3) is 5.91 Å². The van der Waals surface area contributed by atoms with Crippen LogP contribution in [-0.2, 0) is 4.79 Å². The van der Waals surface area contributed by atoms with Crippen LogP contribution in [0.4, 0.5) is 14.9 Å². The van der Waals surface area contributed by atoms with Gasteiger partial charge in [-0.15, -0.1) is 0 Å². The number of hydrazone groups is 1. The van der Waals surface area contributed by atoms with Crippen LogP contribution in [0.3, 0.4) is 0 Å². The van der Waals surface area contributed by atoms with E-state index in [0.717, 1.165) is 0 Å². The summed E-state index contributed by atoms with van der Waals surface area (Å²) in [5.41, 5.74) is 7.95. The normalized spacial score (nSPS) is 15.6. The highest BCUT2D eigenvalue weighted by Gasteiger charge is 2.35. The van der Waals surface area contributed by atoms with Crippen molar-refractivity contribution < 1.29 is 14.0 Å². The lowest BCUT2D eigenvalue weighted by Crippen LogP contribution is -2.44. The molecule has 3 amide bonds. The number of carbonyl (C=O) groups excluding carboxylic acids is 2. The first-order chi connectivity index (χ1) is 11.7. The molecule has 1 heterocycles. The van der Waals surface area contributed by atoms with Crippen LogP contribution in [0.25, 0.3) is 0 Å². The Labute approximate surface area is 146 Å². The molecule has 7 nitrogen and oxygen atoms in total. The molecule has 0 spiro atoms. The summed E-state index contributed by atoms with van der Waals surface area (Å²) < 4.78 is 13.6. The molecule has 0 aliphatic carbocycles. The van der Waals surface area contributed by atoms with Gasteiger partial charge in [0.15, 0.2) is 5.71 Å². The lowest BCUT2D eigenvalue weighted by atomic mass is 10.1. The maximum absolute atomic E-state index is 13.6. The highest BCUT2D eigenvalue weighted by molar-refractivity contribution is 6.54. The maximum Gasteiger partial charge on any atom is 0.332 e. The lowest BCUT2D eigenvalue weighted by molar-refractivity contribution is -0.112. The van der Waals surface area contributed by atoms with Crippen molar-refractivity contribution >= 4 is 23.3 Å². The number of nitrogens with one attached hydrogen (secondary N) is 1. The number of primary amides is 1. The van der Waals surface area contributed by atoms with Crippen molar-refractivity contribution in [3.8, 4) is 0 Å². The molecule has 0 saturated carbocycles. The van der Waals surface area contributed by atoms with Crippen molar-refractivity contribution in [2.24, 2.45) is 10.8 Å². The van der Waals surface area contributed by atoms with Crippen molar-refractivity contribution in [2.45, 2.75) is 39.8 Å². The zero-order chi connectivity index (χ0) is 18.7. The number of urea groups is 1. The second-order valence-electron chi connectivity index (χ2n) is 6.48. The smallest absolute Gasteiger partial charge is 0.332 e. The molecule has 0 aromatic heterocycles. The van der Waals surface area contributed by atoms with Gasteiger partial charge < -0.3 is 10.6 Å². The second kappa shape index (κ2) is 7.60. The van der Waals surface area contributed by atoms with Gasteiger partial charge in [0.1, 0.15) is 5.82 Å². The minimum Gasteiger partial charge on any atom is -0.350 e. The molecular weight excluding hydrogens is 325 g/mol. The third-order valence-electron chi connectivity index (χ3n) is 4.14. The minimum atomic E-state index is -0.887. The van der Waals surface area contributed by atoms with Gasteiger partial charge in [-0.2, -0.15) is 5.10 Å². The van der Waals surface area contributed by atoms with E-state index >= 15 is 0 Å². The zero-order valence-electron chi connectivity index (χ0n) is 14.9. The number of hydrogen-bond donors (Lipinski definition) is 2. The van der Waals surface area contributed by atoms with E-state index in [0.29, 0.717) is 36.4 Å². The van der Waals surface area contributed by atoms with Gasteiger partial charge in [0.2, 0.25) is 0 Å². The van der Waals surface area contributed by atoms with Crippen molar-refractivity contribution in [2.75, 3.05) is 18.0 Å². The third-order valence-corrected chi connectivity index (χ3v) is 4.14. The summed E-state index contributed by atoms with van der Waals surface area (Å²) in [7, 11) is 0. The van der Waals surface area contributed by atoms with E-state index in [1.807, 2.05) is 5.43 Å². The van der Waals surface area contributed by atoms with Crippen LogP contribution < -0.4 is 16.1 Å². The molecule has 0 atom stereocenters. The average molecular weight is 349 g/mol. The van der Waals surface area contributed by atoms with E-state index in [4.69, 9.17) is 5.73 Å². The Balaban J connectivity index is 2.29. The van der Waals surface area contributed by atoms with E-state index in [1.165, 1.54) is 12.1 Å². The number of hydrogen-bond acceptors (Lipinski definition) is 4. The summed E-state index contributed by atoms with van der Waals surface area (Å²) in [6, 6.07) is 3.85. The fourth-order valence-corrected chi connectivity index (χ4v) is 3.05. The average Bonchev–Trinajstić information content (AvgIpc) is 2.76. The molecule has 8 heteroatoms. The van der Waals surface area contributed by atoms with Gasteiger partial charge in [-0.1, -0.05) is 0 Å². The number of halogens is 1. The Morgan fingerprint density at radius 2 is 1.96 bits per heavy atom. The molecule has 0 radical (unpaired) electrons. The first kappa shape index (κ1) is 18.9. The van der Waals surface area contributed by atoms with Gasteiger partial charge in [-0.3, -0.25) is 9.69 Å². The fraction of sp³-hybridized carbons (Fsp3) is 0.471. The summed E-state index contributed by atoms with van der Waals surface area (Å²) in [5, 5.41) is 3.75.